The van der Waals surface area contributed by atoms with Gasteiger partial charge in [-0.3, -0.25) is 9.59 Å². The van der Waals surface area contributed by atoms with Gasteiger partial charge in [0.15, 0.2) is 6.61 Å². The molecule has 0 spiro atoms. The standard InChI is InChI=1S/C23H28N2O4/c1-18-5-11-21(12-6-18)28-16-13-23(27)29-17-22(26)24-19-7-9-20(10-8-19)25-14-3-2-4-15-25/h5-12H,2-4,13-17H2,1H3,(H,24,26). The predicted octanol–water partition coefficient (Wildman–Crippen LogP) is 3.94. The third kappa shape index (κ3) is 6.82. The Labute approximate surface area is 171 Å². The summed E-state index contributed by atoms with van der Waals surface area (Å²) in [4.78, 5) is 26.1. The summed E-state index contributed by atoms with van der Waals surface area (Å²) < 4.78 is 10.5. The summed E-state index contributed by atoms with van der Waals surface area (Å²) in [6.45, 7) is 4.05. The topological polar surface area (TPSA) is 67.9 Å². The van der Waals surface area contributed by atoms with Gasteiger partial charge in [0.05, 0.1) is 13.0 Å². The van der Waals surface area contributed by atoms with E-state index >= 15 is 0 Å². The molecule has 0 bridgehead atoms. The number of hydrogen-bond acceptors (Lipinski definition) is 5. The van der Waals surface area contributed by atoms with Crippen LogP contribution in [0.2, 0.25) is 0 Å². The first-order valence-electron chi connectivity index (χ1n) is 10.1. The number of piperidine rings is 1. The maximum absolute atomic E-state index is 12.0. The van der Waals surface area contributed by atoms with Crippen LogP contribution in [-0.4, -0.2) is 38.2 Å². The van der Waals surface area contributed by atoms with Gasteiger partial charge in [0, 0.05) is 24.5 Å². The molecular formula is C23H28N2O4. The van der Waals surface area contributed by atoms with E-state index in [4.69, 9.17) is 9.47 Å². The van der Waals surface area contributed by atoms with Gasteiger partial charge in [0.25, 0.3) is 5.91 Å². The van der Waals surface area contributed by atoms with Gasteiger partial charge in [-0.15, -0.1) is 0 Å². The highest BCUT2D eigenvalue weighted by Gasteiger charge is 2.12. The molecule has 1 heterocycles. The van der Waals surface area contributed by atoms with Crippen molar-refractivity contribution in [3.05, 3.63) is 54.1 Å². The van der Waals surface area contributed by atoms with Crippen LogP contribution in [0.25, 0.3) is 0 Å². The largest absolute Gasteiger partial charge is 0.493 e. The fraction of sp³-hybridized carbons (Fsp3) is 0.391. The van der Waals surface area contributed by atoms with Crippen LogP contribution in [0.1, 0.15) is 31.2 Å². The lowest BCUT2D eigenvalue weighted by atomic mass is 10.1. The highest BCUT2D eigenvalue weighted by atomic mass is 16.5. The maximum Gasteiger partial charge on any atom is 0.309 e. The van der Waals surface area contributed by atoms with E-state index in [0.29, 0.717) is 11.4 Å². The van der Waals surface area contributed by atoms with Gasteiger partial charge in [-0.2, -0.15) is 0 Å². The number of hydrogen-bond donors (Lipinski definition) is 1. The smallest absolute Gasteiger partial charge is 0.309 e. The highest BCUT2D eigenvalue weighted by Crippen LogP contribution is 2.21. The molecule has 0 atom stereocenters. The van der Waals surface area contributed by atoms with E-state index in [1.807, 2.05) is 55.5 Å². The molecular weight excluding hydrogens is 368 g/mol. The zero-order chi connectivity index (χ0) is 20.5. The Bertz CT molecular complexity index is 797. The van der Waals surface area contributed by atoms with Crippen LogP contribution in [0, 0.1) is 6.92 Å². The molecule has 1 N–H and O–H groups in total. The van der Waals surface area contributed by atoms with Crippen LogP contribution in [0.3, 0.4) is 0 Å². The predicted molar refractivity (Wildman–Crippen MR) is 113 cm³/mol. The number of ether oxygens (including phenoxy) is 2. The van der Waals surface area contributed by atoms with Gasteiger partial charge in [-0.05, 0) is 62.6 Å². The Morgan fingerprint density at radius 3 is 2.34 bits per heavy atom. The molecule has 6 nitrogen and oxygen atoms in total. The highest BCUT2D eigenvalue weighted by molar-refractivity contribution is 5.92. The Morgan fingerprint density at radius 1 is 0.966 bits per heavy atom. The van der Waals surface area contributed by atoms with Gasteiger partial charge in [0.1, 0.15) is 5.75 Å². The SMILES string of the molecule is Cc1ccc(OCCC(=O)OCC(=O)Nc2ccc(N3CCCCC3)cc2)cc1. The van der Waals surface area contributed by atoms with Gasteiger partial charge in [-0.1, -0.05) is 17.7 Å². The molecule has 0 radical (unpaired) electrons. The molecule has 6 heteroatoms. The minimum absolute atomic E-state index is 0.0890. The number of aryl methyl sites for hydroxylation is 1. The Balaban J connectivity index is 1.34. The van der Waals surface area contributed by atoms with Crippen LogP contribution >= 0.6 is 0 Å². The van der Waals surface area contributed by atoms with Gasteiger partial charge in [0.2, 0.25) is 0 Å². The minimum Gasteiger partial charge on any atom is -0.493 e. The van der Waals surface area contributed by atoms with E-state index in [9.17, 15) is 9.59 Å². The molecule has 1 saturated heterocycles. The number of amides is 1. The first-order chi connectivity index (χ1) is 14.1. The average molecular weight is 396 g/mol. The number of nitrogens with one attached hydrogen (secondary N) is 1. The van der Waals surface area contributed by atoms with Gasteiger partial charge < -0.3 is 19.7 Å². The van der Waals surface area contributed by atoms with Crippen LogP contribution in [0.4, 0.5) is 11.4 Å². The third-order valence-corrected chi connectivity index (χ3v) is 4.83. The van der Waals surface area contributed by atoms with Crippen molar-refractivity contribution in [2.75, 3.05) is 36.5 Å². The number of esters is 1. The van der Waals surface area contributed by atoms with Crippen molar-refractivity contribution < 1.29 is 19.1 Å². The lowest BCUT2D eigenvalue weighted by Gasteiger charge is -2.28. The van der Waals surface area contributed by atoms with Crippen molar-refractivity contribution in [3.63, 3.8) is 0 Å². The second-order valence-corrected chi connectivity index (χ2v) is 7.21. The van der Waals surface area contributed by atoms with E-state index in [0.717, 1.165) is 18.7 Å². The zero-order valence-corrected chi connectivity index (χ0v) is 16.9. The average Bonchev–Trinajstić information content (AvgIpc) is 2.75. The molecule has 3 rings (SSSR count). The molecule has 2 aromatic rings. The van der Waals surface area contributed by atoms with Crippen molar-refractivity contribution in [3.8, 4) is 5.75 Å². The van der Waals surface area contributed by atoms with Crippen molar-refractivity contribution in [1.29, 1.82) is 0 Å². The molecule has 1 aliphatic rings. The Hall–Kier alpha value is -3.02. The second kappa shape index (κ2) is 10.5. The molecule has 1 amide bonds. The van der Waals surface area contributed by atoms with E-state index in [2.05, 4.69) is 10.2 Å². The fourth-order valence-corrected chi connectivity index (χ4v) is 3.21. The quantitative estimate of drug-likeness (QED) is 0.685. The molecule has 29 heavy (non-hydrogen) atoms. The van der Waals surface area contributed by atoms with Gasteiger partial charge in [-0.25, -0.2) is 0 Å². The monoisotopic (exact) mass is 396 g/mol. The lowest BCUT2D eigenvalue weighted by molar-refractivity contribution is -0.147. The van der Waals surface area contributed by atoms with Crippen molar-refractivity contribution in [2.24, 2.45) is 0 Å². The molecule has 0 unspecified atom stereocenters. The third-order valence-electron chi connectivity index (χ3n) is 4.83. The first-order valence-corrected chi connectivity index (χ1v) is 10.1. The van der Waals surface area contributed by atoms with Crippen LogP contribution < -0.4 is 15.0 Å². The van der Waals surface area contributed by atoms with Crippen molar-refractivity contribution in [1.82, 2.24) is 0 Å². The first kappa shape index (κ1) is 20.7. The Morgan fingerprint density at radius 2 is 1.66 bits per heavy atom. The molecule has 0 aromatic heterocycles. The summed E-state index contributed by atoms with van der Waals surface area (Å²) in [5.41, 5.74) is 3.00. The molecule has 154 valence electrons. The summed E-state index contributed by atoms with van der Waals surface area (Å²) in [6.07, 6.45) is 3.83. The van der Waals surface area contributed by atoms with Crippen LogP contribution in [0.15, 0.2) is 48.5 Å². The molecule has 0 saturated carbocycles. The Kier molecular flexibility index (Phi) is 7.50. The summed E-state index contributed by atoms with van der Waals surface area (Å²) in [5.74, 6) is -0.120. The molecule has 1 aliphatic heterocycles. The summed E-state index contributed by atoms with van der Waals surface area (Å²) in [6, 6.07) is 15.4. The van der Waals surface area contributed by atoms with Crippen LogP contribution in [0.5, 0.6) is 5.75 Å². The summed E-state index contributed by atoms with van der Waals surface area (Å²) >= 11 is 0. The number of carbonyl (C=O) groups is 2. The molecule has 1 fully saturated rings. The van der Waals surface area contributed by atoms with Crippen molar-refractivity contribution in [2.45, 2.75) is 32.6 Å². The van der Waals surface area contributed by atoms with E-state index < -0.39 is 5.97 Å². The number of rotatable bonds is 8. The summed E-state index contributed by atoms with van der Waals surface area (Å²) in [5, 5.41) is 2.75. The second-order valence-electron chi connectivity index (χ2n) is 7.21. The summed E-state index contributed by atoms with van der Waals surface area (Å²) in [7, 11) is 0. The number of anilines is 2. The number of benzene rings is 2. The number of carbonyl (C=O) groups excluding carboxylic acids is 2. The fourth-order valence-electron chi connectivity index (χ4n) is 3.21. The molecule has 0 aliphatic carbocycles. The zero-order valence-electron chi connectivity index (χ0n) is 16.9. The minimum atomic E-state index is -0.465. The lowest BCUT2D eigenvalue weighted by Crippen LogP contribution is -2.29. The van der Waals surface area contributed by atoms with E-state index in [1.54, 1.807) is 0 Å². The number of nitrogens with zero attached hydrogens (tertiary/aromatic N) is 1. The van der Waals surface area contributed by atoms with Crippen molar-refractivity contribution >= 4 is 23.3 Å². The normalized spacial score (nSPS) is 13.6. The molecule has 2 aromatic carbocycles. The van der Waals surface area contributed by atoms with Gasteiger partial charge >= 0.3 is 5.97 Å². The van der Waals surface area contributed by atoms with Crippen LogP contribution in [-0.2, 0) is 14.3 Å². The maximum atomic E-state index is 12.0. The van der Waals surface area contributed by atoms with E-state index in [-0.39, 0.29) is 25.5 Å². The van der Waals surface area contributed by atoms with E-state index in [1.165, 1.54) is 24.9 Å².